The van der Waals surface area contributed by atoms with Crippen molar-refractivity contribution in [3.8, 4) is 0 Å². The van der Waals surface area contributed by atoms with Gasteiger partial charge in [-0.1, -0.05) is 0 Å². The number of carbonyl (C=O) groups excluding carboxylic acids is 1. The van der Waals surface area contributed by atoms with Crippen molar-refractivity contribution in [2.45, 2.75) is 18.1 Å². The molecular weight excluding hydrogens is 255 g/mol. The van der Waals surface area contributed by atoms with Gasteiger partial charge in [0.15, 0.2) is 11.6 Å². The number of hydrazine groups is 1. The minimum atomic E-state index is -0.725. The molecule has 1 aliphatic rings. The standard InChI is InChI=1S/C11H15FN4OS/c12-9-8(3-4-14-10(9)16-13)11(17)15-6-7-2-1-5-18-7/h3-4,7H,1-2,5-6,13H2,(H,14,16)(H,15,17). The summed E-state index contributed by atoms with van der Waals surface area (Å²) in [5.41, 5.74) is 2.08. The summed E-state index contributed by atoms with van der Waals surface area (Å²) in [5.74, 6) is 4.95. The van der Waals surface area contributed by atoms with E-state index < -0.39 is 11.7 Å². The number of nitrogens with two attached hydrogens (primary N) is 1. The number of nitrogens with one attached hydrogen (secondary N) is 2. The van der Waals surface area contributed by atoms with Crippen LogP contribution >= 0.6 is 11.8 Å². The average Bonchev–Trinajstić information content (AvgIpc) is 2.89. The van der Waals surface area contributed by atoms with Crippen molar-refractivity contribution >= 4 is 23.5 Å². The van der Waals surface area contributed by atoms with E-state index in [1.54, 1.807) is 0 Å². The Morgan fingerprint density at radius 2 is 2.50 bits per heavy atom. The highest BCUT2D eigenvalue weighted by molar-refractivity contribution is 8.00. The highest BCUT2D eigenvalue weighted by Crippen LogP contribution is 2.25. The van der Waals surface area contributed by atoms with Crippen LogP contribution < -0.4 is 16.6 Å². The lowest BCUT2D eigenvalue weighted by atomic mass is 10.2. The first-order chi connectivity index (χ1) is 8.72. The first-order valence-corrected chi connectivity index (χ1v) is 6.78. The summed E-state index contributed by atoms with van der Waals surface area (Å²) >= 11 is 1.84. The molecule has 0 aliphatic carbocycles. The summed E-state index contributed by atoms with van der Waals surface area (Å²) in [6.45, 7) is 0.566. The number of thioether (sulfide) groups is 1. The third kappa shape index (κ3) is 2.91. The van der Waals surface area contributed by atoms with Crippen molar-refractivity contribution in [2.24, 2.45) is 5.84 Å². The lowest BCUT2D eigenvalue weighted by Crippen LogP contribution is -2.30. The van der Waals surface area contributed by atoms with Crippen LogP contribution in [0.15, 0.2) is 12.3 Å². The van der Waals surface area contributed by atoms with E-state index in [9.17, 15) is 9.18 Å². The number of rotatable bonds is 4. The predicted octanol–water partition coefficient (Wildman–Crippen LogP) is 1.13. The topological polar surface area (TPSA) is 80.0 Å². The molecule has 1 unspecified atom stereocenters. The molecule has 1 aliphatic heterocycles. The Bertz CT molecular complexity index is 437. The van der Waals surface area contributed by atoms with Gasteiger partial charge in [-0.2, -0.15) is 11.8 Å². The quantitative estimate of drug-likeness (QED) is 0.564. The minimum absolute atomic E-state index is 0.0408. The number of carbonyl (C=O) groups is 1. The average molecular weight is 270 g/mol. The van der Waals surface area contributed by atoms with Crippen molar-refractivity contribution in [3.05, 3.63) is 23.6 Å². The van der Waals surface area contributed by atoms with Crippen LogP contribution in [0, 0.1) is 5.82 Å². The Balaban J connectivity index is 1.99. The maximum atomic E-state index is 13.8. The van der Waals surface area contributed by atoms with E-state index in [2.05, 4.69) is 15.7 Å². The van der Waals surface area contributed by atoms with Crippen LogP contribution in [0.25, 0.3) is 0 Å². The summed E-state index contributed by atoms with van der Waals surface area (Å²) in [5, 5.41) is 3.17. The van der Waals surface area contributed by atoms with Gasteiger partial charge >= 0.3 is 0 Å². The fourth-order valence-electron chi connectivity index (χ4n) is 1.83. The second-order valence-corrected chi connectivity index (χ2v) is 5.42. The Labute approximate surface area is 109 Å². The third-order valence-electron chi connectivity index (χ3n) is 2.78. The molecule has 1 atom stereocenters. The Morgan fingerprint density at radius 1 is 1.67 bits per heavy atom. The Hall–Kier alpha value is -1.34. The summed E-state index contributed by atoms with van der Waals surface area (Å²) in [4.78, 5) is 15.5. The number of hydrogen-bond acceptors (Lipinski definition) is 5. The maximum Gasteiger partial charge on any atom is 0.254 e. The summed E-state index contributed by atoms with van der Waals surface area (Å²) in [7, 11) is 0. The van der Waals surface area contributed by atoms with Crippen LogP contribution in [0.3, 0.4) is 0 Å². The summed E-state index contributed by atoms with van der Waals surface area (Å²) in [6, 6.07) is 1.34. The molecule has 4 N–H and O–H groups in total. The second-order valence-electron chi connectivity index (χ2n) is 4.01. The van der Waals surface area contributed by atoms with Gasteiger partial charge < -0.3 is 10.7 Å². The Morgan fingerprint density at radius 3 is 3.17 bits per heavy atom. The zero-order valence-corrected chi connectivity index (χ0v) is 10.6. The van der Waals surface area contributed by atoms with Gasteiger partial charge in [0.1, 0.15) is 0 Å². The normalized spacial score (nSPS) is 18.7. The first-order valence-electron chi connectivity index (χ1n) is 5.73. The highest BCUT2D eigenvalue weighted by atomic mass is 32.2. The van der Waals surface area contributed by atoms with Gasteiger partial charge in [-0.05, 0) is 24.7 Å². The molecular formula is C11H15FN4OS. The number of nitrogens with zero attached hydrogens (tertiary/aromatic N) is 1. The molecule has 0 spiro atoms. The fourth-order valence-corrected chi connectivity index (χ4v) is 3.03. The van der Waals surface area contributed by atoms with Gasteiger partial charge in [-0.15, -0.1) is 0 Å². The molecule has 1 amide bonds. The van der Waals surface area contributed by atoms with Crippen LogP contribution in [0.4, 0.5) is 10.2 Å². The van der Waals surface area contributed by atoms with Crippen molar-refractivity contribution in [1.82, 2.24) is 10.3 Å². The van der Waals surface area contributed by atoms with E-state index in [4.69, 9.17) is 5.84 Å². The largest absolute Gasteiger partial charge is 0.351 e. The lowest BCUT2D eigenvalue weighted by Gasteiger charge is -2.11. The van der Waals surface area contributed by atoms with Gasteiger partial charge in [0.05, 0.1) is 5.56 Å². The first kappa shape index (κ1) is 13.1. The fraction of sp³-hybridized carbons (Fsp3) is 0.455. The van der Waals surface area contributed by atoms with Gasteiger partial charge in [-0.25, -0.2) is 15.2 Å². The molecule has 2 heterocycles. The highest BCUT2D eigenvalue weighted by Gasteiger charge is 2.19. The van der Waals surface area contributed by atoms with E-state index in [-0.39, 0.29) is 11.4 Å². The van der Waals surface area contributed by atoms with Gasteiger partial charge in [0.2, 0.25) is 0 Å². The Kier molecular flexibility index (Phi) is 4.38. The van der Waals surface area contributed by atoms with Crippen molar-refractivity contribution < 1.29 is 9.18 Å². The molecule has 0 saturated carbocycles. The van der Waals surface area contributed by atoms with E-state index in [1.807, 2.05) is 11.8 Å². The summed E-state index contributed by atoms with van der Waals surface area (Å²) in [6.07, 6.45) is 3.62. The SMILES string of the molecule is NNc1nccc(C(=O)NCC2CCCS2)c1F. The van der Waals surface area contributed by atoms with Crippen LogP contribution in [-0.2, 0) is 0 Å². The maximum absolute atomic E-state index is 13.8. The molecule has 0 aromatic carbocycles. The monoisotopic (exact) mass is 270 g/mol. The number of hydrogen-bond donors (Lipinski definition) is 3. The molecule has 98 valence electrons. The van der Waals surface area contributed by atoms with E-state index in [0.29, 0.717) is 11.8 Å². The molecule has 0 bridgehead atoms. The van der Waals surface area contributed by atoms with Crippen LogP contribution in [0.5, 0.6) is 0 Å². The number of anilines is 1. The van der Waals surface area contributed by atoms with E-state index in [1.165, 1.54) is 18.7 Å². The predicted molar refractivity (Wildman–Crippen MR) is 69.8 cm³/mol. The van der Waals surface area contributed by atoms with Gasteiger partial charge in [-0.3, -0.25) is 4.79 Å². The summed E-state index contributed by atoms with van der Waals surface area (Å²) < 4.78 is 13.8. The zero-order valence-electron chi connectivity index (χ0n) is 9.78. The molecule has 1 aromatic rings. The van der Waals surface area contributed by atoms with Crippen molar-refractivity contribution in [3.63, 3.8) is 0 Å². The number of aromatic nitrogens is 1. The van der Waals surface area contributed by atoms with Gasteiger partial charge in [0, 0.05) is 18.0 Å². The van der Waals surface area contributed by atoms with Crippen molar-refractivity contribution in [2.75, 3.05) is 17.7 Å². The molecule has 18 heavy (non-hydrogen) atoms. The number of pyridine rings is 1. The van der Waals surface area contributed by atoms with Crippen molar-refractivity contribution in [1.29, 1.82) is 0 Å². The zero-order chi connectivity index (χ0) is 13.0. The van der Waals surface area contributed by atoms with E-state index in [0.717, 1.165) is 12.2 Å². The molecule has 1 aromatic heterocycles. The number of halogens is 1. The molecule has 1 saturated heterocycles. The number of amides is 1. The molecule has 1 fully saturated rings. The smallest absolute Gasteiger partial charge is 0.254 e. The minimum Gasteiger partial charge on any atom is -0.351 e. The number of nitrogen functional groups attached to an aromatic ring is 1. The molecule has 0 radical (unpaired) electrons. The molecule has 2 rings (SSSR count). The van der Waals surface area contributed by atoms with Gasteiger partial charge in [0.25, 0.3) is 5.91 Å². The second kappa shape index (κ2) is 6.01. The molecule has 5 nitrogen and oxygen atoms in total. The van der Waals surface area contributed by atoms with Crippen LogP contribution in [0.2, 0.25) is 0 Å². The van der Waals surface area contributed by atoms with Crippen LogP contribution in [0.1, 0.15) is 23.2 Å². The van der Waals surface area contributed by atoms with Crippen LogP contribution in [-0.4, -0.2) is 28.4 Å². The lowest BCUT2D eigenvalue weighted by molar-refractivity contribution is 0.0949. The molecule has 7 heteroatoms. The van der Waals surface area contributed by atoms with E-state index >= 15 is 0 Å². The third-order valence-corrected chi connectivity index (χ3v) is 4.18.